The summed E-state index contributed by atoms with van der Waals surface area (Å²) in [5.74, 6) is -0.918. The summed E-state index contributed by atoms with van der Waals surface area (Å²) >= 11 is 4.64. The van der Waals surface area contributed by atoms with Crippen molar-refractivity contribution in [2.75, 3.05) is 0 Å². The van der Waals surface area contributed by atoms with Crippen LogP contribution in [0, 0.1) is 0 Å². The molecule has 0 amide bonds. The van der Waals surface area contributed by atoms with Crippen molar-refractivity contribution in [3.8, 4) is 28.2 Å². The van der Waals surface area contributed by atoms with Gasteiger partial charge in [0.1, 0.15) is 17.1 Å². The average molecular weight is 389 g/mol. The van der Waals surface area contributed by atoms with Crippen LogP contribution in [0.3, 0.4) is 0 Å². The molecular formula is C21H11NO5S. The van der Waals surface area contributed by atoms with Crippen molar-refractivity contribution in [2.45, 2.75) is 0 Å². The topological polar surface area (TPSA) is 100 Å². The summed E-state index contributed by atoms with van der Waals surface area (Å²) in [6, 6.07) is 13.7. The number of carboxylic acid groups (broad SMARTS) is 1. The van der Waals surface area contributed by atoms with E-state index in [1.165, 1.54) is 30.3 Å². The number of aromatic hydroxyl groups is 1. The Hall–Kier alpha value is -3.80. The third kappa shape index (κ3) is 2.85. The number of thiocarbonyl (C=S) groups is 1. The third-order valence-electron chi connectivity index (χ3n) is 4.37. The predicted molar refractivity (Wildman–Crippen MR) is 108 cm³/mol. The van der Waals surface area contributed by atoms with Crippen LogP contribution < -0.4 is 5.43 Å². The van der Waals surface area contributed by atoms with Crippen LogP contribution in [0.25, 0.3) is 33.4 Å². The Morgan fingerprint density at radius 3 is 2.64 bits per heavy atom. The summed E-state index contributed by atoms with van der Waals surface area (Å²) in [5, 5.41) is 22.4. The lowest BCUT2D eigenvalue weighted by Crippen LogP contribution is -2.04. The number of aromatic carboxylic acids is 1. The van der Waals surface area contributed by atoms with E-state index >= 15 is 0 Å². The van der Waals surface area contributed by atoms with Crippen LogP contribution in [0.1, 0.15) is 10.4 Å². The summed E-state index contributed by atoms with van der Waals surface area (Å²) in [7, 11) is 0. The van der Waals surface area contributed by atoms with E-state index < -0.39 is 5.97 Å². The second-order valence-electron chi connectivity index (χ2n) is 6.02. The number of carbonyl (C=O) groups is 1. The van der Waals surface area contributed by atoms with Crippen molar-refractivity contribution in [2.24, 2.45) is 4.99 Å². The van der Waals surface area contributed by atoms with Gasteiger partial charge in [-0.2, -0.15) is 4.99 Å². The van der Waals surface area contributed by atoms with Crippen LogP contribution in [-0.4, -0.2) is 21.3 Å². The highest BCUT2D eigenvalue weighted by Crippen LogP contribution is 2.43. The Bertz CT molecular complexity index is 1330. The molecule has 2 aromatic carbocycles. The maximum atomic E-state index is 12.0. The number of isothiocyanates is 1. The minimum Gasteiger partial charge on any atom is -0.508 e. The van der Waals surface area contributed by atoms with Gasteiger partial charge in [-0.05, 0) is 48.1 Å². The molecule has 0 radical (unpaired) electrons. The second-order valence-corrected chi connectivity index (χ2v) is 6.21. The van der Waals surface area contributed by atoms with Gasteiger partial charge in [0.15, 0.2) is 5.43 Å². The van der Waals surface area contributed by atoms with Gasteiger partial charge >= 0.3 is 5.97 Å². The lowest BCUT2D eigenvalue weighted by molar-refractivity contribution is 0.0698. The average Bonchev–Trinajstić information content (AvgIpc) is 2.65. The molecule has 0 bridgehead atoms. The van der Waals surface area contributed by atoms with E-state index in [1.807, 2.05) is 0 Å². The van der Waals surface area contributed by atoms with Crippen LogP contribution >= 0.6 is 12.2 Å². The number of carboxylic acids is 1. The SMILES string of the molecule is O=C(O)c1c(N=C=S)cccc1-c1c2ccc(=O)cc-2oc2cc(O)ccc12. The molecule has 2 aliphatic rings. The number of fused-ring (bicyclic) bond motifs is 2. The zero-order valence-corrected chi connectivity index (χ0v) is 15.0. The summed E-state index contributed by atoms with van der Waals surface area (Å²) in [6.45, 7) is 0. The molecule has 28 heavy (non-hydrogen) atoms. The summed E-state index contributed by atoms with van der Waals surface area (Å²) in [4.78, 5) is 27.7. The molecule has 0 saturated heterocycles. The molecule has 0 atom stereocenters. The molecular weight excluding hydrogens is 378 g/mol. The maximum absolute atomic E-state index is 12.0. The zero-order valence-electron chi connectivity index (χ0n) is 14.2. The van der Waals surface area contributed by atoms with E-state index in [0.29, 0.717) is 27.7 Å². The number of hydrogen-bond donors (Lipinski definition) is 2. The molecule has 2 aromatic rings. The predicted octanol–water partition coefficient (Wildman–Crippen LogP) is 4.70. The molecule has 0 unspecified atom stereocenters. The zero-order chi connectivity index (χ0) is 19.8. The summed E-state index contributed by atoms with van der Waals surface area (Å²) in [6.07, 6.45) is 0. The first kappa shape index (κ1) is 17.6. The fourth-order valence-corrected chi connectivity index (χ4v) is 3.36. The largest absolute Gasteiger partial charge is 0.508 e. The number of nitrogens with zero attached hydrogens (tertiary/aromatic N) is 1. The van der Waals surface area contributed by atoms with Crippen molar-refractivity contribution in [3.63, 3.8) is 0 Å². The third-order valence-corrected chi connectivity index (χ3v) is 4.46. The lowest BCUT2D eigenvalue weighted by Gasteiger charge is -2.17. The minimum atomic E-state index is -1.18. The molecule has 0 fully saturated rings. The molecule has 0 aromatic heterocycles. The normalized spacial score (nSPS) is 10.7. The highest BCUT2D eigenvalue weighted by atomic mass is 32.1. The fourth-order valence-electron chi connectivity index (χ4n) is 3.26. The monoisotopic (exact) mass is 389 g/mol. The van der Waals surface area contributed by atoms with E-state index in [-0.39, 0.29) is 28.2 Å². The standard InChI is InChI=1S/C21H11NO5S/c23-11-4-6-13-17(8-11)27-18-9-12(24)5-7-14(18)19(13)15-2-1-3-16(22-10-28)20(15)21(25)26/h1-9,23H,(H,25,26). The Labute approximate surface area is 163 Å². The molecule has 6 nitrogen and oxygen atoms in total. The van der Waals surface area contributed by atoms with E-state index in [2.05, 4.69) is 22.4 Å². The van der Waals surface area contributed by atoms with Gasteiger partial charge in [-0.3, -0.25) is 4.79 Å². The Kier molecular flexibility index (Phi) is 4.24. The molecule has 4 rings (SSSR count). The van der Waals surface area contributed by atoms with Gasteiger partial charge < -0.3 is 14.6 Å². The van der Waals surface area contributed by atoms with Crippen molar-refractivity contribution < 1.29 is 19.4 Å². The number of aliphatic imine (C=N–C) groups is 1. The smallest absolute Gasteiger partial charge is 0.338 e. The van der Waals surface area contributed by atoms with Gasteiger partial charge in [-0.25, -0.2) is 4.79 Å². The second kappa shape index (κ2) is 6.74. The first-order valence-corrected chi connectivity index (χ1v) is 8.54. The van der Waals surface area contributed by atoms with E-state index in [0.717, 1.165) is 0 Å². The Morgan fingerprint density at radius 2 is 1.89 bits per heavy atom. The molecule has 0 saturated carbocycles. The molecule has 1 aliphatic heterocycles. The van der Waals surface area contributed by atoms with E-state index in [9.17, 15) is 19.8 Å². The number of rotatable bonds is 3. The van der Waals surface area contributed by atoms with E-state index in [1.54, 1.807) is 24.3 Å². The van der Waals surface area contributed by atoms with Crippen LogP contribution in [0.15, 0.2) is 68.8 Å². The van der Waals surface area contributed by atoms with Gasteiger partial charge in [-0.1, -0.05) is 12.1 Å². The lowest BCUT2D eigenvalue weighted by atomic mass is 9.90. The molecule has 136 valence electrons. The summed E-state index contributed by atoms with van der Waals surface area (Å²) in [5.41, 5.74) is 1.68. The Balaban J connectivity index is 2.23. The molecule has 1 aliphatic carbocycles. The van der Waals surface area contributed by atoms with Gasteiger partial charge in [0.05, 0.1) is 16.4 Å². The molecule has 7 heteroatoms. The molecule has 0 spiro atoms. The maximum Gasteiger partial charge on any atom is 0.338 e. The van der Waals surface area contributed by atoms with Crippen molar-refractivity contribution in [1.82, 2.24) is 0 Å². The van der Waals surface area contributed by atoms with Crippen molar-refractivity contribution in [1.29, 1.82) is 0 Å². The van der Waals surface area contributed by atoms with E-state index in [4.69, 9.17) is 4.42 Å². The number of phenols is 1. The van der Waals surface area contributed by atoms with Crippen LogP contribution in [0.5, 0.6) is 5.75 Å². The number of benzene rings is 3. The van der Waals surface area contributed by atoms with Crippen molar-refractivity contribution >= 4 is 40.0 Å². The van der Waals surface area contributed by atoms with Crippen LogP contribution in [-0.2, 0) is 0 Å². The van der Waals surface area contributed by atoms with Crippen LogP contribution in [0.2, 0.25) is 0 Å². The number of hydrogen-bond acceptors (Lipinski definition) is 6. The van der Waals surface area contributed by atoms with Gasteiger partial charge in [0.2, 0.25) is 0 Å². The molecule has 2 N–H and O–H groups in total. The quantitative estimate of drug-likeness (QED) is 0.299. The van der Waals surface area contributed by atoms with Crippen LogP contribution in [0.4, 0.5) is 5.69 Å². The molecule has 1 heterocycles. The minimum absolute atomic E-state index is 0.0163. The Morgan fingerprint density at radius 1 is 1.07 bits per heavy atom. The van der Waals surface area contributed by atoms with Gasteiger partial charge in [-0.15, -0.1) is 0 Å². The fraction of sp³-hybridized carbons (Fsp3) is 0. The van der Waals surface area contributed by atoms with Crippen molar-refractivity contribution in [3.05, 3.63) is 70.4 Å². The highest BCUT2D eigenvalue weighted by Gasteiger charge is 2.23. The summed E-state index contributed by atoms with van der Waals surface area (Å²) < 4.78 is 5.79. The van der Waals surface area contributed by atoms with Gasteiger partial charge in [0, 0.05) is 28.6 Å². The number of phenolic OH excluding ortho intramolecular Hbond substituents is 1. The highest BCUT2D eigenvalue weighted by molar-refractivity contribution is 7.78. The first-order chi connectivity index (χ1) is 13.5. The van der Waals surface area contributed by atoms with Gasteiger partial charge in [0.25, 0.3) is 0 Å². The first-order valence-electron chi connectivity index (χ1n) is 8.14.